The molecule has 0 N–H and O–H groups in total. The van der Waals surface area contributed by atoms with Crippen molar-refractivity contribution in [3.05, 3.63) is 40.8 Å². The zero-order valence-corrected chi connectivity index (χ0v) is 13.4. The smallest absolute Gasteiger partial charge is 0.205 e. The number of hydrogen-bond donors (Lipinski definition) is 0. The molecule has 1 aromatic carbocycles. The Balaban J connectivity index is 2.82. The van der Waals surface area contributed by atoms with Gasteiger partial charge in [-0.1, -0.05) is 45.3 Å². The van der Waals surface area contributed by atoms with Gasteiger partial charge in [0.05, 0.1) is 0 Å². The highest BCUT2D eigenvalue weighted by molar-refractivity contribution is 7.88. The fourth-order valence-corrected chi connectivity index (χ4v) is 3.19. The number of hydrogen-bond acceptors (Lipinski definition) is 4. The quantitative estimate of drug-likeness (QED) is 0.801. The summed E-state index contributed by atoms with van der Waals surface area (Å²) in [5.74, 6) is -0.358. The Kier molecular flexibility index (Phi) is 4.25. The Labute approximate surface area is 132 Å². The van der Waals surface area contributed by atoms with Gasteiger partial charge >= 0.3 is 10.2 Å². The second kappa shape index (κ2) is 5.66. The second-order valence-electron chi connectivity index (χ2n) is 4.22. The minimum atomic E-state index is -4.14. The molecule has 0 radical (unpaired) electrons. The first-order valence-electron chi connectivity index (χ1n) is 5.69. The van der Waals surface area contributed by atoms with Crippen LogP contribution < -0.4 is 0 Å². The molecule has 110 valence electrons. The van der Waals surface area contributed by atoms with E-state index in [4.69, 9.17) is 28.6 Å². The van der Waals surface area contributed by atoms with Crippen molar-refractivity contribution in [2.45, 2.75) is 6.92 Å². The number of halogens is 2. The molecule has 21 heavy (non-hydrogen) atoms. The van der Waals surface area contributed by atoms with Crippen LogP contribution in [-0.4, -0.2) is 28.2 Å². The molecule has 0 unspecified atom stereocenters. The summed E-state index contributed by atoms with van der Waals surface area (Å²) in [5.41, 5.74) is 1.61. The number of aromatic nitrogens is 2. The van der Waals surface area contributed by atoms with Gasteiger partial charge in [0.2, 0.25) is 5.82 Å². The van der Waals surface area contributed by atoms with Gasteiger partial charge < -0.3 is 0 Å². The summed E-state index contributed by atoms with van der Waals surface area (Å²) in [6, 6.07) is 8.69. The van der Waals surface area contributed by atoms with E-state index in [1.807, 2.05) is 6.92 Å². The van der Waals surface area contributed by atoms with Crippen molar-refractivity contribution in [2.24, 2.45) is 0 Å². The Morgan fingerprint density at radius 1 is 1.33 bits per heavy atom. The Bertz CT molecular complexity index is 820. The van der Waals surface area contributed by atoms with Crippen LogP contribution in [-0.2, 0) is 10.2 Å². The van der Waals surface area contributed by atoms with Crippen molar-refractivity contribution >= 4 is 33.6 Å². The molecule has 2 rings (SSSR count). The normalized spacial score (nSPS) is 11.6. The zero-order chi connectivity index (χ0) is 15.8. The maximum absolute atomic E-state index is 12.3. The van der Waals surface area contributed by atoms with Crippen LogP contribution in [0.2, 0.25) is 5.15 Å². The molecule has 0 aliphatic carbocycles. The highest BCUT2D eigenvalue weighted by atomic mass is 35.5. The lowest BCUT2D eigenvalue weighted by Gasteiger charge is -2.13. The van der Waals surface area contributed by atoms with Gasteiger partial charge in [0.25, 0.3) is 0 Å². The van der Waals surface area contributed by atoms with Crippen LogP contribution in [0.25, 0.3) is 11.3 Å². The fraction of sp³-hybridized carbons (Fsp3) is 0.167. The highest BCUT2D eigenvalue weighted by Gasteiger charge is 2.29. The van der Waals surface area contributed by atoms with Crippen molar-refractivity contribution in [3.63, 3.8) is 0 Å². The highest BCUT2D eigenvalue weighted by Crippen LogP contribution is 2.31. The topological polar surface area (TPSA) is 79.0 Å². The third-order valence-corrected chi connectivity index (χ3v) is 5.01. The van der Waals surface area contributed by atoms with Crippen LogP contribution in [0.4, 0.5) is 0 Å². The van der Waals surface area contributed by atoms with Crippen LogP contribution in [0.5, 0.6) is 0 Å². The zero-order valence-electron chi connectivity index (χ0n) is 11.1. The lowest BCUT2D eigenvalue weighted by atomic mass is 10.1. The average Bonchev–Trinajstić information content (AvgIpc) is 2.77. The van der Waals surface area contributed by atoms with Crippen molar-refractivity contribution in [1.29, 1.82) is 5.26 Å². The summed E-state index contributed by atoms with van der Waals surface area (Å²) in [7, 11) is -3.00. The van der Waals surface area contributed by atoms with E-state index in [2.05, 4.69) is 4.98 Å². The third kappa shape index (κ3) is 2.76. The van der Waals surface area contributed by atoms with Gasteiger partial charge in [-0.25, -0.2) is 4.98 Å². The molecule has 9 heteroatoms. The van der Waals surface area contributed by atoms with Gasteiger partial charge in [0.1, 0.15) is 11.8 Å². The van der Waals surface area contributed by atoms with E-state index < -0.39 is 10.2 Å². The van der Waals surface area contributed by atoms with E-state index in [0.29, 0.717) is 9.39 Å². The van der Waals surface area contributed by atoms with Crippen LogP contribution in [0.3, 0.4) is 0 Å². The first kappa shape index (κ1) is 15.8. The molecule has 0 atom stereocenters. The summed E-state index contributed by atoms with van der Waals surface area (Å²) < 4.78 is 25.8. The van der Waals surface area contributed by atoms with Crippen molar-refractivity contribution in [3.8, 4) is 17.3 Å². The number of imidazole rings is 1. The number of rotatable bonds is 3. The molecule has 0 bridgehead atoms. The maximum atomic E-state index is 12.3. The summed E-state index contributed by atoms with van der Waals surface area (Å²) in [6.07, 6.45) is 0. The maximum Gasteiger partial charge on any atom is 0.323 e. The molecule has 1 heterocycles. The molecule has 0 spiro atoms. The van der Waals surface area contributed by atoms with Crippen LogP contribution in [0.15, 0.2) is 24.3 Å². The minimum Gasteiger partial charge on any atom is -0.205 e. The number of nitriles is 1. The average molecular weight is 345 g/mol. The molecule has 2 aromatic rings. The Morgan fingerprint density at radius 2 is 1.90 bits per heavy atom. The lowest BCUT2D eigenvalue weighted by Crippen LogP contribution is -2.26. The second-order valence-corrected chi connectivity index (χ2v) is 7.09. The first-order valence-corrected chi connectivity index (χ1v) is 7.81. The van der Waals surface area contributed by atoms with Gasteiger partial charge in [-0.3, -0.25) is 0 Å². The van der Waals surface area contributed by atoms with Gasteiger partial charge in [0.15, 0.2) is 5.15 Å². The van der Waals surface area contributed by atoms with Gasteiger partial charge in [-0.15, -0.1) is 0 Å². The van der Waals surface area contributed by atoms with Crippen LogP contribution in [0.1, 0.15) is 11.4 Å². The standard InChI is InChI=1S/C12H10Cl2N4O2S/c1-8-3-5-9(6-4-8)11-12(13)16-10(7-15)18(11)21(19,20)17(2)14/h3-6H,1-2H3. The molecule has 0 fully saturated rings. The van der Waals surface area contributed by atoms with E-state index in [1.54, 1.807) is 30.3 Å². The summed E-state index contributed by atoms with van der Waals surface area (Å²) in [6.45, 7) is 1.90. The Hall–Kier alpha value is -1.59. The molecular weight excluding hydrogens is 335 g/mol. The third-order valence-electron chi connectivity index (χ3n) is 2.77. The number of nitrogens with zero attached hydrogens (tertiary/aromatic N) is 4. The molecule has 0 amide bonds. The van der Waals surface area contributed by atoms with Crippen LogP contribution in [0, 0.1) is 18.3 Å². The van der Waals surface area contributed by atoms with Crippen LogP contribution >= 0.6 is 23.4 Å². The molecule has 1 aromatic heterocycles. The van der Waals surface area contributed by atoms with Crippen molar-refractivity contribution in [1.82, 2.24) is 12.8 Å². The van der Waals surface area contributed by atoms with E-state index in [0.717, 1.165) is 16.6 Å². The molecular formula is C12H10Cl2N4O2S. The SMILES string of the molecule is Cc1ccc(-c2c(Cl)nc(C#N)n2S(=O)(=O)N(C)Cl)cc1. The summed E-state index contributed by atoms with van der Waals surface area (Å²) in [4.78, 5) is 3.78. The van der Waals surface area contributed by atoms with Gasteiger partial charge in [-0.05, 0) is 18.7 Å². The monoisotopic (exact) mass is 344 g/mol. The van der Waals surface area contributed by atoms with Gasteiger partial charge in [-0.2, -0.15) is 17.7 Å². The molecule has 0 saturated carbocycles. The molecule has 0 aliphatic heterocycles. The van der Waals surface area contributed by atoms with E-state index in [1.165, 1.54) is 0 Å². The van der Waals surface area contributed by atoms with Crippen molar-refractivity contribution in [2.75, 3.05) is 7.05 Å². The molecule has 0 saturated heterocycles. The fourth-order valence-electron chi connectivity index (χ4n) is 1.74. The summed E-state index contributed by atoms with van der Waals surface area (Å²) in [5, 5.41) is 8.99. The van der Waals surface area contributed by atoms with E-state index >= 15 is 0 Å². The predicted octanol–water partition coefficient (Wildman–Crippen LogP) is 2.56. The first-order chi connectivity index (χ1) is 9.78. The largest absolute Gasteiger partial charge is 0.323 e. The van der Waals surface area contributed by atoms with Crippen molar-refractivity contribution < 1.29 is 8.42 Å². The Morgan fingerprint density at radius 3 is 2.38 bits per heavy atom. The minimum absolute atomic E-state index is 0.0857. The lowest BCUT2D eigenvalue weighted by molar-refractivity contribution is 0.551. The van der Waals surface area contributed by atoms with E-state index in [-0.39, 0.29) is 16.7 Å². The van der Waals surface area contributed by atoms with Gasteiger partial charge in [0, 0.05) is 12.6 Å². The number of aryl methyl sites for hydroxylation is 1. The predicted molar refractivity (Wildman–Crippen MR) is 80.1 cm³/mol. The number of benzene rings is 1. The summed E-state index contributed by atoms with van der Waals surface area (Å²) >= 11 is 11.6. The molecule has 0 aliphatic rings. The van der Waals surface area contributed by atoms with E-state index in [9.17, 15) is 8.42 Å². The molecule has 6 nitrogen and oxygen atoms in total.